The van der Waals surface area contributed by atoms with Gasteiger partial charge in [0.05, 0.1) is 39.4 Å². The number of nitrogens with zero attached hydrogens (tertiary/aromatic N) is 2. The lowest BCUT2D eigenvalue weighted by molar-refractivity contribution is 0.620. The number of benzene rings is 1. The molecule has 0 aliphatic heterocycles. The lowest BCUT2D eigenvalue weighted by Crippen LogP contribution is -1.94. The summed E-state index contributed by atoms with van der Waals surface area (Å²) in [5.41, 5.74) is 1.52. The average Bonchev–Trinajstić information content (AvgIpc) is 2.36. The van der Waals surface area contributed by atoms with E-state index in [1.165, 1.54) is 6.07 Å². The second-order valence-corrected chi connectivity index (χ2v) is 4.94. The van der Waals surface area contributed by atoms with Crippen LogP contribution in [0.1, 0.15) is 5.56 Å². The molecular weight excluding hydrogens is 310 g/mol. The van der Waals surface area contributed by atoms with Gasteiger partial charge in [0, 0.05) is 5.56 Å². The Morgan fingerprint density at radius 3 is 2.37 bits per heavy atom. The predicted molar refractivity (Wildman–Crippen MR) is 74.0 cm³/mol. The number of halogens is 4. The first kappa shape index (κ1) is 14.1. The molecular formula is C13H6Cl3FN2. The molecule has 0 aliphatic carbocycles. The fourth-order valence-electron chi connectivity index (χ4n) is 1.65. The maximum Gasteiger partial charge on any atom is 0.141 e. The van der Waals surface area contributed by atoms with E-state index >= 15 is 0 Å². The molecule has 0 fully saturated rings. The van der Waals surface area contributed by atoms with Gasteiger partial charge in [-0.1, -0.05) is 34.8 Å². The van der Waals surface area contributed by atoms with Crippen LogP contribution in [0, 0.1) is 17.1 Å². The van der Waals surface area contributed by atoms with Crippen LogP contribution in [0.25, 0.3) is 11.3 Å². The number of nitriles is 1. The van der Waals surface area contributed by atoms with E-state index in [-0.39, 0.29) is 21.5 Å². The van der Waals surface area contributed by atoms with Gasteiger partial charge in [-0.15, -0.1) is 0 Å². The lowest BCUT2D eigenvalue weighted by atomic mass is 10.0. The number of hydrogen-bond acceptors (Lipinski definition) is 2. The molecule has 0 radical (unpaired) electrons. The van der Waals surface area contributed by atoms with Crippen LogP contribution >= 0.6 is 34.8 Å². The van der Waals surface area contributed by atoms with Crippen LogP contribution in [0.15, 0.2) is 24.4 Å². The summed E-state index contributed by atoms with van der Waals surface area (Å²) in [6.45, 7) is 0. The van der Waals surface area contributed by atoms with E-state index in [1.54, 1.807) is 12.1 Å². The fourth-order valence-corrected chi connectivity index (χ4v) is 2.25. The van der Waals surface area contributed by atoms with Gasteiger partial charge in [-0.25, -0.2) is 4.39 Å². The van der Waals surface area contributed by atoms with E-state index in [1.807, 2.05) is 6.07 Å². The molecule has 1 aromatic heterocycles. The van der Waals surface area contributed by atoms with Crippen molar-refractivity contribution < 1.29 is 4.39 Å². The molecule has 1 aromatic carbocycles. The Morgan fingerprint density at radius 2 is 1.79 bits per heavy atom. The molecule has 2 rings (SSSR count). The van der Waals surface area contributed by atoms with Crippen LogP contribution in [0.2, 0.25) is 15.1 Å². The molecule has 0 saturated heterocycles. The first-order valence-electron chi connectivity index (χ1n) is 5.19. The summed E-state index contributed by atoms with van der Waals surface area (Å²) in [6, 6.07) is 6.39. The minimum Gasteiger partial charge on any atom is -0.253 e. The molecule has 1 heterocycles. The van der Waals surface area contributed by atoms with Crippen LogP contribution < -0.4 is 0 Å². The van der Waals surface area contributed by atoms with Crippen molar-refractivity contribution in [2.24, 2.45) is 0 Å². The van der Waals surface area contributed by atoms with Gasteiger partial charge in [-0.2, -0.15) is 5.26 Å². The van der Waals surface area contributed by atoms with E-state index in [0.717, 1.165) is 6.20 Å². The topological polar surface area (TPSA) is 36.7 Å². The highest BCUT2D eigenvalue weighted by Crippen LogP contribution is 2.35. The van der Waals surface area contributed by atoms with Gasteiger partial charge in [-0.05, 0) is 23.8 Å². The van der Waals surface area contributed by atoms with Crippen LogP contribution in [0.5, 0.6) is 0 Å². The minimum absolute atomic E-state index is 0.0396. The fraction of sp³-hybridized carbons (Fsp3) is 0.0769. The summed E-state index contributed by atoms with van der Waals surface area (Å²) >= 11 is 17.8. The quantitative estimate of drug-likeness (QED) is 0.738. The number of pyridine rings is 1. The van der Waals surface area contributed by atoms with Crippen molar-refractivity contribution in [2.45, 2.75) is 6.42 Å². The summed E-state index contributed by atoms with van der Waals surface area (Å²) < 4.78 is 13.2. The van der Waals surface area contributed by atoms with E-state index in [4.69, 9.17) is 40.1 Å². The van der Waals surface area contributed by atoms with Gasteiger partial charge in [0.15, 0.2) is 0 Å². The molecule has 19 heavy (non-hydrogen) atoms. The lowest BCUT2D eigenvalue weighted by Gasteiger charge is -2.08. The van der Waals surface area contributed by atoms with Gasteiger partial charge in [0.1, 0.15) is 5.82 Å². The maximum absolute atomic E-state index is 13.2. The van der Waals surface area contributed by atoms with Crippen molar-refractivity contribution in [3.8, 4) is 17.3 Å². The third-order valence-corrected chi connectivity index (χ3v) is 3.66. The van der Waals surface area contributed by atoms with Crippen molar-refractivity contribution >= 4 is 34.8 Å². The summed E-state index contributed by atoms with van der Waals surface area (Å²) in [4.78, 5) is 3.99. The van der Waals surface area contributed by atoms with Crippen molar-refractivity contribution in [1.82, 2.24) is 4.98 Å². The van der Waals surface area contributed by atoms with Crippen LogP contribution in [0.3, 0.4) is 0 Å². The number of aromatic nitrogens is 1. The molecule has 96 valence electrons. The van der Waals surface area contributed by atoms with Crippen molar-refractivity contribution in [3.63, 3.8) is 0 Å². The first-order chi connectivity index (χ1) is 9.02. The zero-order valence-corrected chi connectivity index (χ0v) is 11.7. The Kier molecular flexibility index (Phi) is 4.26. The van der Waals surface area contributed by atoms with Crippen LogP contribution in [0.4, 0.5) is 4.39 Å². The van der Waals surface area contributed by atoms with E-state index < -0.39 is 5.82 Å². The second-order valence-electron chi connectivity index (χ2n) is 3.75. The third-order valence-electron chi connectivity index (χ3n) is 2.46. The Hall–Kier alpha value is -1.34. The summed E-state index contributed by atoms with van der Waals surface area (Å²) in [5.74, 6) is -0.500. The second kappa shape index (κ2) is 5.75. The SMILES string of the molecule is N#CCc1cc(F)cnc1-c1cc(Cl)c(Cl)c(Cl)c1. The molecule has 2 nitrogen and oxygen atoms in total. The maximum atomic E-state index is 13.2. The van der Waals surface area contributed by atoms with Crippen molar-refractivity contribution in [3.05, 3.63) is 50.8 Å². The van der Waals surface area contributed by atoms with Crippen molar-refractivity contribution in [1.29, 1.82) is 5.26 Å². The van der Waals surface area contributed by atoms with Gasteiger partial charge < -0.3 is 0 Å². The van der Waals surface area contributed by atoms with E-state index in [0.29, 0.717) is 16.8 Å². The van der Waals surface area contributed by atoms with E-state index in [9.17, 15) is 4.39 Å². The molecule has 0 unspecified atom stereocenters. The Balaban J connectivity index is 2.62. The molecule has 0 saturated carbocycles. The molecule has 0 bridgehead atoms. The first-order valence-corrected chi connectivity index (χ1v) is 6.32. The molecule has 0 N–H and O–H groups in total. The molecule has 6 heteroatoms. The molecule has 0 atom stereocenters. The standard InChI is InChI=1S/C13H6Cl3FN2/c14-10-4-8(5-11(15)12(10)16)13-7(1-2-18)3-9(17)6-19-13/h3-6H,1H2. The molecule has 2 aromatic rings. The number of rotatable bonds is 2. The largest absolute Gasteiger partial charge is 0.253 e. The van der Waals surface area contributed by atoms with Gasteiger partial charge in [-0.3, -0.25) is 4.98 Å². The Bertz CT molecular complexity index is 657. The van der Waals surface area contributed by atoms with Gasteiger partial charge in [0.2, 0.25) is 0 Å². The van der Waals surface area contributed by atoms with Crippen LogP contribution in [-0.4, -0.2) is 4.98 Å². The highest BCUT2D eigenvalue weighted by atomic mass is 35.5. The number of hydrogen-bond donors (Lipinski definition) is 0. The predicted octanol–water partition coefficient (Wildman–Crippen LogP) is 4.91. The van der Waals surface area contributed by atoms with Gasteiger partial charge in [0.25, 0.3) is 0 Å². The summed E-state index contributed by atoms with van der Waals surface area (Å²) in [5, 5.41) is 9.56. The Morgan fingerprint density at radius 1 is 1.16 bits per heavy atom. The highest BCUT2D eigenvalue weighted by Gasteiger charge is 2.12. The monoisotopic (exact) mass is 314 g/mol. The molecule has 0 spiro atoms. The van der Waals surface area contributed by atoms with E-state index in [2.05, 4.69) is 4.98 Å². The smallest absolute Gasteiger partial charge is 0.141 e. The zero-order valence-electron chi connectivity index (χ0n) is 9.42. The molecule has 0 aliphatic rings. The normalized spacial score (nSPS) is 10.3. The summed E-state index contributed by atoms with van der Waals surface area (Å²) in [6.07, 6.45) is 1.12. The highest BCUT2D eigenvalue weighted by molar-refractivity contribution is 6.48. The summed E-state index contributed by atoms with van der Waals surface area (Å²) in [7, 11) is 0. The minimum atomic E-state index is -0.500. The zero-order chi connectivity index (χ0) is 14.0. The average molecular weight is 316 g/mol. The van der Waals surface area contributed by atoms with Gasteiger partial charge >= 0.3 is 0 Å². The van der Waals surface area contributed by atoms with Crippen molar-refractivity contribution in [2.75, 3.05) is 0 Å². The van der Waals surface area contributed by atoms with Crippen LogP contribution in [-0.2, 0) is 6.42 Å². The Labute approximate surface area is 124 Å². The molecule has 0 amide bonds. The third kappa shape index (κ3) is 2.98.